The average Bonchev–Trinajstić information content (AvgIpc) is 3.19. The van der Waals surface area contributed by atoms with E-state index in [0.29, 0.717) is 25.7 Å². The third-order valence-electron chi connectivity index (χ3n) is 10.0. The van der Waals surface area contributed by atoms with Crippen molar-refractivity contribution in [3.8, 4) is 0 Å². The number of rotatable bonds is 40. The van der Waals surface area contributed by atoms with Gasteiger partial charge in [0.2, 0.25) is 5.91 Å². The van der Waals surface area contributed by atoms with Crippen molar-refractivity contribution < 1.29 is 24.5 Å². The fourth-order valence-corrected chi connectivity index (χ4v) is 6.52. The highest BCUT2D eigenvalue weighted by molar-refractivity contribution is 5.77. The molecule has 0 saturated carbocycles. The van der Waals surface area contributed by atoms with Crippen molar-refractivity contribution >= 4 is 11.9 Å². The lowest BCUT2D eigenvalue weighted by atomic mass is 10.0. The molecule has 0 spiro atoms. The first-order valence-electron chi connectivity index (χ1n) is 23.2. The predicted octanol–water partition coefficient (Wildman–Crippen LogP) is 13.4. The molecule has 0 aromatic carbocycles. The molecule has 6 nitrogen and oxygen atoms in total. The van der Waals surface area contributed by atoms with Crippen LogP contribution in [0.5, 0.6) is 0 Å². The summed E-state index contributed by atoms with van der Waals surface area (Å²) in [6.45, 7) is 6.29. The highest BCUT2D eigenvalue weighted by atomic mass is 16.5. The van der Waals surface area contributed by atoms with Gasteiger partial charge in [-0.1, -0.05) is 177 Å². The van der Waals surface area contributed by atoms with Gasteiger partial charge in [0.05, 0.1) is 25.2 Å². The first-order valence-corrected chi connectivity index (χ1v) is 23.2. The number of carbonyl (C=O) groups excluding carboxylic acids is 2. The molecule has 0 bridgehead atoms. The van der Waals surface area contributed by atoms with Gasteiger partial charge in [0.1, 0.15) is 6.10 Å². The lowest BCUT2D eigenvalue weighted by Gasteiger charge is -2.24. The van der Waals surface area contributed by atoms with E-state index in [4.69, 9.17) is 4.74 Å². The van der Waals surface area contributed by atoms with Crippen molar-refractivity contribution in [1.82, 2.24) is 5.32 Å². The van der Waals surface area contributed by atoms with Gasteiger partial charge in [0.25, 0.3) is 0 Å². The number of carbonyl (C=O) groups is 2. The Kier molecular flexibility index (Phi) is 41.3. The first-order chi connectivity index (χ1) is 27.5. The number of hydrogen-bond acceptors (Lipinski definition) is 5. The van der Waals surface area contributed by atoms with E-state index in [-0.39, 0.29) is 24.9 Å². The van der Waals surface area contributed by atoms with Crippen molar-refractivity contribution in [1.29, 1.82) is 0 Å². The number of aliphatic hydroxyl groups excluding tert-OH is 2. The number of aliphatic hydroxyl groups is 2. The standard InChI is InChI=1S/C50H87NO5/c1-4-7-10-13-16-19-22-23-24-25-26-27-28-31-34-37-40-43-50(55)56-46(41-38-35-32-29-20-17-14-11-8-5-2)44-49(54)51-47(45-52)48(53)42-39-36-33-30-21-18-15-12-9-6-3/h7,10,16-17,19-20,23-24,26-27,31,34,46-48,52-53H,4-6,8-9,11-15,18,21-22,25,28-30,32-33,35-45H2,1-3H3,(H,51,54)/b10-7-,19-16-,20-17-,24-23-,27-26-,34-31-. The van der Waals surface area contributed by atoms with Crippen molar-refractivity contribution in [3.05, 3.63) is 72.9 Å². The second-order valence-corrected chi connectivity index (χ2v) is 15.4. The third-order valence-corrected chi connectivity index (χ3v) is 10.0. The second-order valence-electron chi connectivity index (χ2n) is 15.4. The molecular weight excluding hydrogens is 695 g/mol. The van der Waals surface area contributed by atoms with Crippen LogP contribution >= 0.6 is 0 Å². The molecule has 0 saturated heterocycles. The summed E-state index contributed by atoms with van der Waals surface area (Å²) in [4.78, 5) is 25.9. The lowest BCUT2D eigenvalue weighted by Crippen LogP contribution is -2.46. The van der Waals surface area contributed by atoms with E-state index in [2.05, 4.69) is 99.0 Å². The maximum Gasteiger partial charge on any atom is 0.306 e. The van der Waals surface area contributed by atoms with Crippen LogP contribution in [0.1, 0.15) is 207 Å². The molecule has 0 aromatic rings. The van der Waals surface area contributed by atoms with Gasteiger partial charge in [0, 0.05) is 6.42 Å². The Morgan fingerprint density at radius 3 is 1.52 bits per heavy atom. The van der Waals surface area contributed by atoms with Crippen LogP contribution in [-0.4, -0.2) is 46.9 Å². The monoisotopic (exact) mass is 782 g/mol. The molecule has 0 aliphatic heterocycles. The Hall–Kier alpha value is -2.70. The van der Waals surface area contributed by atoms with E-state index in [1.54, 1.807) is 0 Å². The van der Waals surface area contributed by atoms with Gasteiger partial charge in [-0.2, -0.15) is 0 Å². The van der Waals surface area contributed by atoms with Crippen LogP contribution in [0.2, 0.25) is 0 Å². The van der Waals surface area contributed by atoms with E-state index in [1.165, 1.54) is 64.2 Å². The molecule has 0 aromatic heterocycles. The van der Waals surface area contributed by atoms with Crippen molar-refractivity contribution in [3.63, 3.8) is 0 Å². The van der Waals surface area contributed by atoms with E-state index in [1.807, 2.05) is 0 Å². The molecule has 3 N–H and O–H groups in total. The quantitative estimate of drug-likeness (QED) is 0.0327. The fourth-order valence-electron chi connectivity index (χ4n) is 6.52. The number of unbranched alkanes of at least 4 members (excludes halogenated alkanes) is 16. The molecule has 0 heterocycles. The highest BCUT2D eigenvalue weighted by Gasteiger charge is 2.24. The van der Waals surface area contributed by atoms with Crippen LogP contribution in [0.15, 0.2) is 72.9 Å². The second kappa shape index (κ2) is 43.4. The maximum absolute atomic E-state index is 13.1. The summed E-state index contributed by atoms with van der Waals surface area (Å²) in [5.41, 5.74) is 0. The Morgan fingerprint density at radius 1 is 0.536 bits per heavy atom. The SMILES string of the molecule is CC/C=C\C/C=C\C/C=C\C/C=C\C/C=C\CCCC(=O)OC(CCCCC/C=C\CCCCC)CC(=O)NC(CO)C(O)CCCCCCCCCCCC. The van der Waals surface area contributed by atoms with E-state index < -0.39 is 18.2 Å². The van der Waals surface area contributed by atoms with Gasteiger partial charge in [-0.25, -0.2) is 0 Å². The normalized spacial score (nSPS) is 14.0. The molecule has 1 amide bonds. The zero-order chi connectivity index (χ0) is 41.0. The van der Waals surface area contributed by atoms with Gasteiger partial charge in [-0.3, -0.25) is 9.59 Å². The molecule has 0 radical (unpaired) electrons. The van der Waals surface area contributed by atoms with Crippen LogP contribution < -0.4 is 5.32 Å². The summed E-state index contributed by atoms with van der Waals surface area (Å²) in [6.07, 6.45) is 53.9. The minimum absolute atomic E-state index is 0.0410. The number of amides is 1. The zero-order valence-electron chi connectivity index (χ0n) is 36.5. The van der Waals surface area contributed by atoms with Crippen molar-refractivity contribution in [2.24, 2.45) is 0 Å². The van der Waals surface area contributed by atoms with Crippen LogP contribution in [-0.2, 0) is 14.3 Å². The van der Waals surface area contributed by atoms with Crippen LogP contribution in [0.3, 0.4) is 0 Å². The lowest BCUT2D eigenvalue weighted by molar-refractivity contribution is -0.151. The topological polar surface area (TPSA) is 95.9 Å². The van der Waals surface area contributed by atoms with Gasteiger partial charge >= 0.3 is 5.97 Å². The molecular formula is C50H87NO5. The van der Waals surface area contributed by atoms with Crippen molar-refractivity contribution in [2.45, 2.75) is 225 Å². The Balaban J connectivity index is 4.67. The summed E-state index contributed by atoms with van der Waals surface area (Å²) >= 11 is 0. The summed E-state index contributed by atoms with van der Waals surface area (Å²) in [5.74, 6) is -0.567. The maximum atomic E-state index is 13.1. The summed E-state index contributed by atoms with van der Waals surface area (Å²) < 4.78 is 5.86. The fraction of sp³-hybridized carbons (Fsp3) is 0.720. The number of nitrogens with one attached hydrogen (secondary N) is 1. The molecule has 3 unspecified atom stereocenters. The largest absolute Gasteiger partial charge is 0.462 e. The zero-order valence-corrected chi connectivity index (χ0v) is 36.5. The summed E-state index contributed by atoms with van der Waals surface area (Å²) in [7, 11) is 0. The molecule has 322 valence electrons. The van der Waals surface area contributed by atoms with E-state index in [0.717, 1.165) is 89.9 Å². The van der Waals surface area contributed by atoms with E-state index >= 15 is 0 Å². The first kappa shape index (κ1) is 53.3. The van der Waals surface area contributed by atoms with Crippen LogP contribution in [0.25, 0.3) is 0 Å². The Labute approximate surface area is 345 Å². The molecule has 6 heteroatoms. The van der Waals surface area contributed by atoms with Gasteiger partial charge in [-0.05, 0) is 89.9 Å². The van der Waals surface area contributed by atoms with Gasteiger partial charge in [-0.15, -0.1) is 0 Å². The predicted molar refractivity (Wildman–Crippen MR) is 241 cm³/mol. The molecule has 0 rings (SSSR count). The molecule has 3 atom stereocenters. The molecule has 0 aliphatic carbocycles. The Morgan fingerprint density at radius 2 is 0.964 bits per heavy atom. The summed E-state index contributed by atoms with van der Waals surface area (Å²) in [6, 6.07) is -0.718. The van der Waals surface area contributed by atoms with Crippen molar-refractivity contribution in [2.75, 3.05) is 6.61 Å². The average molecular weight is 782 g/mol. The minimum atomic E-state index is -0.801. The van der Waals surface area contributed by atoms with Crippen LogP contribution in [0.4, 0.5) is 0 Å². The third kappa shape index (κ3) is 38.2. The van der Waals surface area contributed by atoms with Gasteiger partial charge in [0.15, 0.2) is 0 Å². The molecule has 0 aliphatic rings. The van der Waals surface area contributed by atoms with Gasteiger partial charge < -0.3 is 20.3 Å². The molecule has 0 fully saturated rings. The summed E-state index contributed by atoms with van der Waals surface area (Å²) in [5, 5.41) is 23.6. The smallest absolute Gasteiger partial charge is 0.306 e. The Bertz CT molecular complexity index is 1060. The number of allylic oxidation sites excluding steroid dienone is 12. The van der Waals surface area contributed by atoms with Crippen LogP contribution in [0, 0.1) is 0 Å². The number of hydrogen-bond donors (Lipinski definition) is 3. The van der Waals surface area contributed by atoms with E-state index in [9.17, 15) is 19.8 Å². The highest BCUT2D eigenvalue weighted by Crippen LogP contribution is 2.16. The molecule has 56 heavy (non-hydrogen) atoms. The number of ether oxygens (including phenoxy) is 1. The minimum Gasteiger partial charge on any atom is -0.462 e. The number of esters is 1.